The fourth-order valence-electron chi connectivity index (χ4n) is 1.30. The van der Waals surface area contributed by atoms with Crippen molar-refractivity contribution < 1.29 is 0 Å². The van der Waals surface area contributed by atoms with Gasteiger partial charge in [0.05, 0.1) is 0 Å². The molecule has 2 N–H and O–H groups in total. The van der Waals surface area contributed by atoms with E-state index in [1.54, 1.807) is 0 Å². The molecule has 0 amide bonds. The van der Waals surface area contributed by atoms with E-state index in [1.165, 1.54) is 12.8 Å². The zero-order valence-corrected chi connectivity index (χ0v) is 9.92. The Bertz CT molecular complexity index is 217. The van der Waals surface area contributed by atoms with Gasteiger partial charge in [-0.3, -0.25) is 4.99 Å². The van der Waals surface area contributed by atoms with Gasteiger partial charge in [0.2, 0.25) is 0 Å². The summed E-state index contributed by atoms with van der Waals surface area (Å²) < 4.78 is 0. The predicted molar refractivity (Wildman–Crippen MR) is 66.1 cm³/mol. The molecule has 15 heavy (non-hydrogen) atoms. The van der Waals surface area contributed by atoms with Crippen LogP contribution in [0.15, 0.2) is 17.1 Å². The molecule has 0 heterocycles. The average Bonchev–Trinajstić information content (AvgIpc) is 3.04. The lowest BCUT2D eigenvalue weighted by Crippen LogP contribution is -2.37. The molecule has 0 atom stereocenters. The van der Waals surface area contributed by atoms with Gasteiger partial charge in [0.25, 0.3) is 0 Å². The van der Waals surface area contributed by atoms with Crippen molar-refractivity contribution in [2.24, 2.45) is 10.9 Å². The van der Waals surface area contributed by atoms with Crippen LogP contribution in [-0.2, 0) is 0 Å². The van der Waals surface area contributed by atoms with Gasteiger partial charge in [-0.05, 0) is 39.0 Å². The Kier molecular flexibility index (Phi) is 5.90. The fourth-order valence-corrected chi connectivity index (χ4v) is 1.30. The zero-order valence-electron chi connectivity index (χ0n) is 9.92. The molecule has 0 aromatic heterocycles. The summed E-state index contributed by atoms with van der Waals surface area (Å²) in [7, 11) is 0. The van der Waals surface area contributed by atoms with Gasteiger partial charge in [0.1, 0.15) is 0 Å². The Morgan fingerprint density at radius 2 is 2.20 bits per heavy atom. The second-order valence-corrected chi connectivity index (χ2v) is 3.95. The van der Waals surface area contributed by atoms with Gasteiger partial charge in [-0.15, -0.1) is 0 Å². The number of aliphatic imine (C=N–C) groups is 1. The van der Waals surface area contributed by atoms with Gasteiger partial charge in [-0.2, -0.15) is 0 Å². The predicted octanol–water partition coefficient (Wildman–Crippen LogP) is 1.92. The first kappa shape index (κ1) is 12.1. The average molecular weight is 209 g/mol. The second kappa shape index (κ2) is 7.32. The quantitative estimate of drug-likeness (QED) is 0.303. The molecule has 1 fully saturated rings. The highest BCUT2D eigenvalue weighted by molar-refractivity contribution is 5.79. The molecule has 3 nitrogen and oxygen atoms in total. The van der Waals surface area contributed by atoms with Gasteiger partial charge in [0.15, 0.2) is 5.96 Å². The maximum absolute atomic E-state index is 4.54. The van der Waals surface area contributed by atoms with Gasteiger partial charge in [-0.25, -0.2) is 0 Å². The van der Waals surface area contributed by atoms with Gasteiger partial charge < -0.3 is 10.6 Å². The van der Waals surface area contributed by atoms with Crippen LogP contribution in [0.25, 0.3) is 0 Å². The van der Waals surface area contributed by atoms with Gasteiger partial charge in [-0.1, -0.05) is 12.2 Å². The van der Waals surface area contributed by atoms with E-state index in [9.17, 15) is 0 Å². The molecule has 0 aromatic rings. The zero-order chi connectivity index (χ0) is 10.9. The molecule has 0 radical (unpaired) electrons. The number of guanidine groups is 1. The molecule has 1 aliphatic carbocycles. The summed E-state index contributed by atoms with van der Waals surface area (Å²) in [4.78, 5) is 4.54. The molecule has 86 valence electrons. The molecule has 0 spiro atoms. The summed E-state index contributed by atoms with van der Waals surface area (Å²) in [5.41, 5.74) is 0. The lowest BCUT2D eigenvalue weighted by Gasteiger charge is -2.09. The third-order valence-corrected chi connectivity index (χ3v) is 2.39. The van der Waals surface area contributed by atoms with Crippen LogP contribution in [0.5, 0.6) is 0 Å². The molecular formula is C12H23N3. The molecule has 0 unspecified atom stereocenters. The van der Waals surface area contributed by atoms with E-state index in [2.05, 4.69) is 34.7 Å². The van der Waals surface area contributed by atoms with E-state index >= 15 is 0 Å². The summed E-state index contributed by atoms with van der Waals surface area (Å²) >= 11 is 0. The number of rotatable bonds is 6. The van der Waals surface area contributed by atoms with Crippen LogP contribution in [-0.4, -0.2) is 25.6 Å². The molecule has 0 aromatic carbocycles. The van der Waals surface area contributed by atoms with E-state index in [-0.39, 0.29) is 0 Å². The maximum Gasteiger partial charge on any atom is 0.191 e. The summed E-state index contributed by atoms with van der Waals surface area (Å²) in [6, 6.07) is 0. The molecule has 1 aliphatic rings. The first-order chi connectivity index (χ1) is 7.36. The van der Waals surface area contributed by atoms with Crippen molar-refractivity contribution in [3.05, 3.63) is 12.2 Å². The van der Waals surface area contributed by atoms with Crippen molar-refractivity contribution in [1.82, 2.24) is 10.6 Å². The number of hydrogen-bond acceptors (Lipinski definition) is 1. The van der Waals surface area contributed by atoms with Gasteiger partial charge in [0, 0.05) is 19.6 Å². The van der Waals surface area contributed by atoms with Crippen LogP contribution >= 0.6 is 0 Å². The molecular weight excluding hydrogens is 186 g/mol. The topological polar surface area (TPSA) is 36.4 Å². The molecule has 0 bridgehead atoms. The molecule has 1 saturated carbocycles. The van der Waals surface area contributed by atoms with Crippen molar-refractivity contribution in [2.75, 3.05) is 19.6 Å². The second-order valence-electron chi connectivity index (χ2n) is 3.95. The lowest BCUT2D eigenvalue weighted by molar-refractivity contribution is 0.782. The molecule has 0 aliphatic heterocycles. The minimum Gasteiger partial charge on any atom is -0.357 e. The lowest BCUT2D eigenvalue weighted by atomic mass is 10.4. The Balaban J connectivity index is 2.18. The Morgan fingerprint density at radius 1 is 1.40 bits per heavy atom. The number of allylic oxidation sites excluding steroid dienone is 1. The highest BCUT2D eigenvalue weighted by Gasteiger charge is 2.20. The molecule has 0 saturated heterocycles. The highest BCUT2D eigenvalue weighted by Crippen LogP contribution is 2.28. The third-order valence-electron chi connectivity index (χ3n) is 2.39. The minimum absolute atomic E-state index is 0.857. The summed E-state index contributed by atoms with van der Waals surface area (Å²) in [6.07, 6.45) is 8.03. The van der Waals surface area contributed by atoms with Gasteiger partial charge >= 0.3 is 0 Å². The van der Waals surface area contributed by atoms with E-state index in [0.717, 1.165) is 37.9 Å². The summed E-state index contributed by atoms with van der Waals surface area (Å²) in [5, 5.41) is 6.58. The first-order valence-electron chi connectivity index (χ1n) is 6.00. The minimum atomic E-state index is 0.857. The molecule has 1 rings (SSSR count). The summed E-state index contributed by atoms with van der Waals surface area (Å²) in [6.45, 7) is 7.02. The first-order valence-corrected chi connectivity index (χ1v) is 6.00. The van der Waals surface area contributed by atoms with E-state index in [4.69, 9.17) is 0 Å². The standard InChI is InChI=1S/C12H23N3/c1-3-5-6-9-14-12(13-4-2)15-10-11-7-8-11/h3,5,11H,4,6-10H2,1-2H3,(H2,13,14,15). The number of nitrogens with zero attached hydrogens (tertiary/aromatic N) is 1. The SMILES string of the molecule is CC=CCCNC(=NCC1CC1)NCC. The Labute approximate surface area is 93.1 Å². The van der Waals surface area contributed by atoms with E-state index in [1.807, 2.05) is 6.92 Å². The normalized spacial score (nSPS) is 17.1. The van der Waals surface area contributed by atoms with Crippen molar-refractivity contribution in [2.45, 2.75) is 33.1 Å². The third kappa shape index (κ3) is 6.15. The Morgan fingerprint density at radius 3 is 2.80 bits per heavy atom. The maximum atomic E-state index is 4.54. The number of hydrogen-bond donors (Lipinski definition) is 2. The smallest absolute Gasteiger partial charge is 0.191 e. The van der Waals surface area contributed by atoms with Crippen LogP contribution < -0.4 is 10.6 Å². The number of nitrogens with one attached hydrogen (secondary N) is 2. The highest BCUT2D eigenvalue weighted by atomic mass is 15.2. The monoisotopic (exact) mass is 209 g/mol. The summed E-state index contributed by atoms with van der Waals surface area (Å²) in [5.74, 6) is 1.82. The van der Waals surface area contributed by atoms with Crippen LogP contribution in [0, 0.1) is 5.92 Å². The van der Waals surface area contributed by atoms with E-state index < -0.39 is 0 Å². The van der Waals surface area contributed by atoms with Crippen molar-refractivity contribution in [3.8, 4) is 0 Å². The fraction of sp³-hybridized carbons (Fsp3) is 0.750. The molecule has 3 heteroatoms. The van der Waals surface area contributed by atoms with Crippen molar-refractivity contribution in [1.29, 1.82) is 0 Å². The largest absolute Gasteiger partial charge is 0.357 e. The van der Waals surface area contributed by atoms with Crippen LogP contribution in [0.3, 0.4) is 0 Å². The van der Waals surface area contributed by atoms with Crippen molar-refractivity contribution >= 4 is 5.96 Å². The van der Waals surface area contributed by atoms with Crippen LogP contribution in [0.2, 0.25) is 0 Å². The van der Waals surface area contributed by atoms with E-state index in [0.29, 0.717) is 0 Å². The Hall–Kier alpha value is -0.990. The van der Waals surface area contributed by atoms with Crippen molar-refractivity contribution in [3.63, 3.8) is 0 Å². The van der Waals surface area contributed by atoms with Crippen LogP contribution in [0.4, 0.5) is 0 Å². The van der Waals surface area contributed by atoms with Crippen LogP contribution in [0.1, 0.15) is 33.1 Å².